The number of carbonyl (C=O) groups excluding carboxylic acids is 2. The molecule has 0 amide bonds. The number of hydrogen-bond acceptors (Lipinski definition) is 3. The van der Waals surface area contributed by atoms with E-state index in [-0.39, 0.29) is 17.5 Å². The molecule has 0 spiro atoms. The molecule has 1 heterocycles. The first-order chi connectivity index (χ1) is 12.7. The standard InChI is InChI=1S/C23H23NO2/c1-3-21(25)19-15-24(18-13-9-6-10-14-18)16-20(22(26)4-2)23(19)17-11-7-5-8-12-17/h5-16,23H,3-4H2,1-2H3. The van der Waals surface area contributed by atoms with Crippen molar-refractivity contribution < 1.29 is 9.59 Å². The van der Waals surface area contributed by atoms with E-state index in [4.69, 9.17) is 0 Å². The summed E-state index contributed by atoms with van der Waals surface area (Å²) in [5.41, 5.74) is 3.24. The van der Waals surface area contributed by atoms with Gasteiger partial charge in [-0.25, -0.2) is 0 Å². The first-order valence-corrected chi connectivity index (χ1v) is 9.03. The van der Waals surface area contributed by atoms with Crippen LogP contribution in [-0.2, 0) is 9.59 Å². The van der Waals surface area contributed by atoms with E-state index in [0.717, 1.165) is 11.3 Å². The molecule has 0 N–H and O–H groups in total. The van der Waals surface area contributed by atoms with E-state index in [9.17, 15) is 9.59 Å². The van der Waals surface area contributed by atoms with Crippen LogP contribution in [0.1, 0.15) is 38.2 Å². The van der Waals surface area contributed by atoms with Crippen LogP contribution in [0.15, 0.2) is 84.2 Å². The molecule has 3 heteroatoms. The Bertz CT molecular complexity index is 816. The molecular weight excluding hydrogens is 322 g/mol. The molecule has 0 unspecified atom stereocenters. The molecule has 0 aliphatic carbocycles. The van der Waals surface area contributed by atoms with Crippen LogP contribution >= 0.6 is 0 Å². The monoisotopic (exact) mass is 345 g/mol. The quantitative estimate of drug-likeness (QED) is 0.738. The summed E-state index contributed by atoms with van der Waals surface area (Å²) < 4.78 is 0. The van der Waals surface area contributed by atoms with Crippen LogP contribution in [-0.4, -0.2) is 11.6 Å². The molecule has 0 aromatic heterocycles. The van der Waals surface area contributed by atoms with Crippen LogP contribution in [0.2, 0.25) is 0 Å². The smallest absolute Gasteiger partial charge is 0.161 e. The summed E-state index contributed by atoms with van der Waals surface area (Å²) in [6.45, 7) is 3.72. The molecule has 0 saturated carbocycles. The molecule has 0 saturated heterocycles. The number of Topliss-reactive ketones (excluding diaryl/α,β-unsaturated/α-hetero) is 2. The fraction of sp³-hybridized carbons (Fsp3) is 0.217. The number of benzene rings is 2. The van der Waals surface area contributed by atoms with Gasteiger partial charge in [0, 0.05) is 48.0 Å². The van der Waals surface area contributed by atoms with E-state index >= 15 is 0 Å². The van der Waals surface area contributed by atoms with Gasteiger partial charge in [-0.3, -0.25) is 9.59 Å². The highest BCUT2D eigenvalue weighted by Crippen LogP contribution is 2.38. The zero-order valence-electron chi connectivity index (χ0n) is 15.2. The molecule has 0 fully saturated rings. The highest BCUT2D eigenvalue weighted by Gasteiger charge is 2.32. The van der Waals surface area contributed by atoms with Crippen LogP contribution in [0.3, 0.4) is 0 Å². The molecule has 0 radical (unpaired) electrons. The van der Waals surface area contributed by atoms with Crippen molar-refractivity contribution in [2.75, 3.05) is 4.90 Å². The average Bonchev–Trinajstić information content (AvgIpc) is 2.72. The molecule has 3 rings (SSSR count). The number of hydrogen-bond donors (Lipinski definition) is 0. The predicted octanol–water partition coefficient (Wildman–Crippen LogP) is 5.02. The van der Waals surface area contributed by atoms with Crippen LogP contribution in [0.25, 0.3) is 0 Å². The maximum Gasteiger partial charge on any atom is 0.161 e. The first kappa shape index (κ1) is 17.9. The maximum absolute atomic E-state index is 12.8. The third-order valence-electron chi connectivity index (χ3n) is 4.65. The molecule has 2 aromatic rings. The van der Waals surface area contributed by atoms with Crippen molar-refractivity contribution in [1.82, 2.24) is 0 Å². The van der Waals surface area contributed by atoms with Crippen molar-refractivity contribution >= 4 is 17.3 Å². The Morgan fingerprint density at radius 1 is 0.769 bits per heavy atom. The van der Waals surface area contributed by atoms with Gasteiger partial charge in [-0.1, -0.05) is 62.4 Å². The third-order valence-corrected chi connectivity index (χ3v) is 4.65. The van der Waals surface area contributed by atoms with E-state index < -0.39 is 0 Å². The van der Waals surface area contributed by atoms with Crippen LogP contribution in [0, 0.1) is 0 Å². The molecule has 1 aliphatic heterocycles. The number of nitrogens with zero attached hydrogens (tertiary/aromatic N) is 1. The number of anilines is 1. The van der Waals surface area contributed by atoms with Gasteiger partial charge in [-0.15, -0.1) is 0 Å². The van der Waals surface area contributed by atoms with Gasteiger partial charge < -0.3 is 4.90 Å². The second-order valence-electron chi connectivity index (χ2n) is 6.31. The number of carbonyl (C=O) groups is 2. The fourth-order valence-corrected chi connectivity index (χ4v) is 3.28. The zero-order chi connectivity index (χ0) is 18.5. The van der Waals surface area contributed by atoms with Gasteiger partial charge in [0.15, 0.2) is 11.6 Å². The average molecular weight is 345 g/mol. The van der Waals surface area contributed by atoms with Gasteiger partial charge in [0.1, 0.15) is 0 Å². The van der Waals surface area contributed by atoms with Crippen molar-refractivity contribution in [2.45, 2.75) is 32.6 Å². The lowest BCUT2D eigenvalue weighted by Crippen LogP contribution is -2.27. The summed E-state index contributed by atoms with van der Waals surface area (Å²) >= 11 is 0. The summed E-state index contributed by atoms with van der Waals surface area (Å²) in [5.74, 6) is -0.181. The summed E-state index contributed by atoms with van der Waals surface area (Å²) in [7, 11) is 0. The van der Waals surface area contributed by atoms with E-state index in [1.807, 2.05) is 91.8 Å². The minimum Gasteiger partial charge on any atom is -0.323 e. The molecule has 2 aromatic carbocycles. The Kier molecular flexibility index (Phi) is 5.47. The fourth-order valence-electron chi connectivity index (χ4n) is 3.28. The zero-order valence-corrected chi connectivity index (χ0v) is 15.2. The van der Waals surface area contributed by atoms with Crippen molar-refractivity contribution in [3.63, 3.8) is 0 Å². The predicted molar refractivity (Wildman–Crippen MR) is 105 cm³/mol. The number of rotatable bonds is 6. The van der Waals surface area contributed by atoms with Crippen LogP contribution in [0.5, 0.6) is 0 Å². The topological polar surface area (TPSA) is 37.4 Å². The molecule has 26 heavy (non-hydrogen) atoms. The lowest BCUT2D eigenvalue weighted by Gasteiger charge is -2.31. The Hall–Kier alpha value is -2.94. The highest BCUT2D eigenvalue weighted by atomic mass is 16.1. The molecule has 3 nitrogen and oxygen atoms in total. The van der Waals surface area contributed by atoms with Crippen molar-refractivity contribution in [2.24, 2.45) is 0 Å². The number of ketones is 2. The van der Waals surface area contributed by atoms with Gasteiger partial charge in [0.25, 0.3) is 0 Å². The lowest BCUT2D eigenvalue weighted by molar-refractivity contribution is -0.115. The van der Waals surface area contributed by atoms with Gasteiger partial charge in [0.2, 0.25) is 0 Å². The molecule has 0 atom stereocenters. The minimum atomic E-state index is -0.309. The first-order valence-electron chi connectivity index (χ1n) is 9.03. The second kappa shape index (κ2) is 7.96. The van der Waals surface area contributed by atoms with Gasteiger partial charge in [-0.2, -0.15) is 0 Å². The minimum absolute atomic E-state index is 0.0642. The van der Waals surface area contributed by atoms with Gasteiger partial charge in [-0.05, 0) is 17.7 Å². The summed E-state index contributed by atoms with van der Waals surface area (Å²) in [4.78, 5) is 27.4. The van der Waals surface area contributed by atoms with E-state index in [0.29, 0.717) is 24.0 Å². The highest BCUT2D eigenvalue weighted by molar-refractivity contribution is 6.05. The third kappa shape index (κ3) is 3.52. The molecule has 0 bridgehead atoms. The summed E-state index contributed by atoms with van der Waals surface area (Å²) in [5, 5.41) is 0. The Morgan fingerprint density at radius 2 is 1.23 bits per heavy atom. The lowest BCUT2D eigenvalue weighted by atomic mass is 9.79. The van der Waals surface area contributed by atoms with Gasteiger partial charge >= 0.3 is 0 Å². The van der Waals surface area contributed by atoms with Crippen LogP contribution in [0.4, 0.5) is 5.69 Å². The molecule has 132 valence electrons. The number of allylic oxidation sites excluding steroid dienone is 2. The van der Waals surface area contributed by atoms with Crippen molar-refractivity contribution in [3.8, 4) is 0 Å². The van der Waals surface area contributed by atoms with E-state index in [2.05, 4.69) is 0 Å². The Balaban J connectivity index is 2.16. The van der Waals surface area contributed by atoms with Crippen LogP contribution < -0.4 is 4.90 Å². The summed E-state index contributed by atoms with van der Waals surface area (Å²) in [6, 6.07) is 19.6. The normalized spacial score (nSPS) is 14.6. The Morgan fingerprint density at radius 3 is 1.69 bits per heavy atom. The van der Waals surface area contributed by atoms with Crippen molar-refractivity contribution in [1.29, 1.82) is 0 Å². The second-order valence-corrected chi connectivity index (χ2v) is 6.31. The Labute approximate surface area is 154 Å². The largest absolute Gasteiger partial charge is 0.323 e. The SMILES string of the molecule is CCC(=O)C1=CN(c2ccccc2)C=C(C(=O)CC)C1c1ccccc1. The van der Waals surface area contributed by atoms with E-state index in [1.54, 1.807) is 0 Å². The molecule has 1 aliphatic rings. The van der Waals surface area contributed by atoms with E-state index in [1.165, 1.54) is 0 Å². The van der Waals surface area contributed by atoms with Gasteiger partial charge in [0.05, 0.1) is 0 Å². The summed E-state index contributed by atoms with van der Waals surface area (Å²) in [6.07, 6.45) is 4.58. The maximum atomic E-state index is 12.8. The number of para-hydroxylation sites is 1. The van der Waals surface area contributed by atoms with Crippen molar-refractivity contribution in [3.05, 3.63) is 89.8 Å². The molecular formula is C23H23NO2.